The van der Waals surface area contributed by atoms with Crippen LogP contribution in [0.5, 0.6) is 5.75 Å². The quantitative estimate of drug-likeness (QED) is 0.207. The fourth-order valence-electron chi connectivity index (χ4n) is 6.69. The Balaban J connectivity index is 1.55. The number of carbonyl (C=O) groups is 1. The highest BCUT2D eigenvalue weighted by Crippen LogP contribution is 2.42. The lowest BCUT2D eigenvalue weighted by Crippen LogP contribution is -2.55. The van der Waals surface area contributed by atoms with E-state index in [-0.39, 0.29) is 17.5 Å². The van der Waals surface area contributed by atoms with Crippen molar-refractivity contribution >= 4 is 17.5 Å². The number of aliphatic imine (C=N–C) groups is 1. The maximum absolute atomic E-state index is 15.4. The lowest BCUT2D eigenvalue weighted by molar-refractivity contribution is -0.157. The van der Waals surface area contributed by atoms with E-state index in [2.05, 4.69) is 30.4 Å². The summed E-state index contributed by atoms with van der Waals surface area (Å²) in [7, 11) is 0. The first-order chi connectivity index (χ1) is 23.6. The molecule has 2 atom stereocenters. The van der Waals surface area contributed by atoms with Crippen molar-refractivity contribution in [3.05, 3.63) is 96.6 Å². The number of halogens is 1. The van der Waals surface area contributed by atoms with Gasteiger partial charge >= 0.3 is 5.97 Å². The second-order valence-electron chi connectivity index (χ2n) is 14.9. The average molecular weight is 687 g/mol. The Morgan fingerprint density at radius 1 is 1.10 bits per heavy atom. The molecule has 0 saturated carbocycles. The normalized spacial score (nSPS) is 19.5. The Hall–Kier alpha value is -4.41. The minimum atomic E-state index is -1.26. The number of hydrazine groups is 1. The van der Waals surface area contributed by atoms with E-state index in [1.165, 1.54) is 6.07 Å². The summed E-state index contributed by atoms with van der Waals surface area (Å²) >= 11 is 0. The Bertz CT molecular complexity index is 1710. The van der Waals surface area contributed by atoms with Crippen molar-refractivity contribution in [2.24, 2.45) is 4.99 Å². The van der Waals surface area contributed by atoms with Crippen molar-refractivity contribution in [3.63, 3.8) is 0 Å². The van der Waals surface area contributed by atoms with Gasteiger partial charge in [-0.3, -0.25) is 10.4 Å². The number of benzene rings is 2. The van der Waals surface area contributed by atoms with Gasteiger partial charge in [0.2, 0.25) is 0 Å². The summed E-state index contributed by atoms with van der Waals surface area (Å²) in [6.07, 6.45) is 6.14. The number of rotatable bonds is 13. The van der Waals surface area contributed by atoms with Crippen LogP contribution in [0, 0.1) is 5.82 Å². The first-order valence-electron chi connectivity index (χ1n) is 17.3. The van der Waals surface area contributed by atoms with E-state index in [1.807, 2.05) is 76.9 Å². The molecule has 10 heteroatoms. The summed E-state index contributed by atoms with van der Waals surface area (Å²) in [5.41, 5.74) is 4.66. The standard InChI is InChI=1S/C40H51FN4O5/c1-10-14-26(3)49-31-18-13-17-29(41)33(31)28-16-12-15-27(24-28)30-25-32-42-39(7,8)34(35(37(46)47)50-38(4,5)6)36(45(32)43-30)44-21-19-40(9,20-22-44)48-23-11-2/h10-13,15-18,24-26,35,43H,1-2,14,19-23H2,3-9H3,(H,46,47)/t26-,35?/m0/s1. The molecular formula is C40H51FN4O5. The number of carboxylic acids is 1. The molecule has 0 spiro atoms. The summed E-state index contributed by atoms with van der Waals surface area (Å²) < 4.78 is 34.0. The number of hydrogen-bond donors (Lipinski definition) is 2. The number of piperidine rings is 1. The van der Waals surface area contributed by atoms with Crippen LogP contribution >= 0.6 is 0 Å². The van der Waals surface area contributed by atoms with Crippen LogP contribution in [-0.2, 0) is 14.3 Å². The van der Waals surface area contributed by atoms with Crippen LogP contribution in [-0.4, -0.2) is 75.5 Å². The number of carboxylic acid groups (broad SMARTS) is 1. The molecule has 2 aromatic carbocycles. The van der Waals surface area contributed by atoms with E-state index < -0.39 is 23.2 Å². The van der Waals surface area contributed by atoms with Gasteiger partial charge < -0.3 is 24.2 Å². The van der Waals surface area contributed by atoms with Crippen LogP contribution in [0.4, 0.5) is 4.39 Å². The van der Waals surface area contributed by atoms with Gasteiger partial charge in [0, 0.05) is 36.7 Å². The molecule has 268 valence electrons. The third-order valence-corrected chi connectivity index (χ3v) is 9.13. The molecule has 0 amide bonds. The second kappa shape index (κ2) is 14.4. The van der Waals surface area contributed by atoms with E-state index in [0.717, 1.165) is 24.1 Å². The van der Waals surface area contributed by atoms with Gasteiger partial charge in [0.05, 0.1) is 40.7 Å². The summed E-state index contributed by atoms with van der Waals surface area (Å²) in [5, 5.41) is 12.5. The summed E-state index contributed by atoms with van der Waals surface area (Å²) in [5.74, 6) is 0.325. The topological polar surface area (TPSA) is 95.9 Å². The Morgan fingerprint density at radius 2 is 1.78 bits per heavy atom. The molecule has 0 radical (unpaired) electrons. The highest BCUT2D eigenvalue weighted by molar-refractivity contribution is 6.05. The van der Waals surface area contributed by atoms with Gasteiger partial charge in [-0.25, -0.2) is 14.2 Å². The number of aliphatic carboxylic acids is 1. The van der Waals surface area contributed by atoms with Gasteiger partial charge in [0.25, 0.3) is 0 Å². The van der Waals surface area contributed by atoms with Gasteiger partial charge in [0.15, 0.2) is 11.9 Å². The van der Waals surface area contributed by atoms with E-state index in [4.69, 9.17) is 19.2 Å². The van der Waals surface area contributed by atoms with Gasteiger partial charge in [-0.1, -0.05) is 36.4 Å². The van der Waals surface area contributed by atoms with Crippen LogP contribution in [0.1, 0.15) is 73.3 Å². The number of nitrogens with zero attached hydrogens (tertiary/aromatic N) is 3. The molecule has 9 nitrogen and oxygen atoms in total. The van der Waals surface area contributed by atoms with Crippen molar-refractivity contribution in [3.8, 4) is 16.9 Å². The molecule has 50 heavy (non-hydrogen) atoms. The first-order valence-corrected chi connectivity index (χ1v) is 17.3. The highest BCUT2D eigenvalue weighted by atomic mass is 19.1. The van der Waals surface area contributed by atoms with E-state index in [9.17, 15) is 9.90 Å². The molecular weight excluding hydrogens is 635 g/mol. The molecule has 2 N–H and O–H groups in total. The Morgan fingerprint density at radius 3 is 2.42 bits per heavy atom. The van der Waals surface area contributed by atoms with E-state index >= 15 is 4.39 Å². The average Bonchev–Trinajstić information content (AvgIpc) is 3.45. The van der Waals surface area contributed by atoms with Crippen LogP contribution in [0.3, 0.4) is 0 Å². The van der Waals surface area contributed by atoms with Crippen LogP contribution in [0.15, 0.2) is 90.2 Å². The summed E-state index contributed by atoms with van der Waals surface area (Å²) in [6, 6.07) is 12.5. The van der Waals surface area contributed by atoms with Crippen LogP contribution in [0.2, 0.25) is 0 Å². The second-order valence-corrected chi connectivity index (χ2v) is 14.9. The monoisotopic (exact) mass is 686 g/mol. The van der Waals surface area contributed by atoms with Gasteiger partial charge in [-0.15, -0.1) is 13.2 Å². The van der Waals surface area contributed by atoms with Crippen molar-refractivity contribution in [1.29, 1.82) is 0 Å². The zero-order valence-electron chi connectivity index (χ0n) is 30.4. The lowest BCUT2D eigenvalue weighted by atomic mass is 9.86. The maximum Gasteiger partial charge on any atom is 0.337 e. The molecule has 3 heterocycles. The predicted molar refractivity (Wildman–Crippen MR) is 196 cm³/mol. The number of likely N-dealkylation sites (tertiary alicyclic amines) is 1. The molecule has 0 aromatic heterocycles. The smallest absolute Gasteiger partial charge is 0.337 e. The number of amidine groups is 1. The van der Waals surface area contributed by atoms with Crippen molar-refractivity contribution in [2.75, 3.05) is 19.7 Å². The number of ether oxygens (including phenoxy) is 3. The molecule has 3 aliphatic heterocycles. The first kappa shape index (κ1) is 36.9. The molecule has 2 aromatic rings. The van der Waals surface area contributed by atoms with E-state index in [1.54, 1.807) is 24.3 Å². The SMILES string of the molecule is C=CCOC1(C)CCN(C2=C(C(OC(C)(C)C)C(=O)O)C(C)(C)N=C3C=C(c4cccc(-c5c(F)cccc5O[C@@H](C)CC=C)c4)NN32)CC1. The summed E-state index contributed by atoms with van der Waals surface area (Å²) in [4.78, 5) is 20.3. The fraction of sp³-hybridized carbons (Fsp3) is 0.450. The molecule has 0 aliphatic carbocycles. The van der Waals surface area contributed by atoms with Crippen molar-refractivity contribution < 1.29 is 28.5 Å². The maximum atomic E-state index is 15.4. The molecule has 1 fully saturated rings. The van der Waals surface area contributed by atoms with Crippen molar-refractivity contribution in [2.45, 2.75) is 96.7 Å². The molecule has 1 unspecified atom stereocenters. The third-order valence-electron chi connectivity index (χ3n) is 9.13. The van der Waals surface area contributed by atoms with Gasteiger partial charge in [0.1, 0.15) is 17.4 Å². The molecule has 1 saturated heterocycles. The predicted octanol–water partition coefficient (Wildman–Crippen LogP) is 7.72. The number of nitrogens with one attached hydrogen (secondary N) is 1. The fourth-order valence-corrected chi connectivity index (χ4v) is 6.69. The molecule has 5 rings (SSSR count). The zero-order chi connectivity index (χ0) is 36.4. The highest BCUT2D eigenvalue weighted by Gasteiger charge is 2.48. The summed E-state index contributed by atoms with van der Waals surface area (Å²) in [6.45, 7) is 22.7. The van der Waals surface area contributed by atoms with E-state index in [0.29, 0.717) is 60.2 Å². The Kier molecular flexibility index (Phi) is 10.6. The zero-order valence-corrected chi connectivity index (χ0v) is 30.4. The molecule has 3 aliphatic rings. The number of fused-ring (bicyclic) bond motifs is 1. The van der Waals surface area contributed by atoms with Gasteiger partial charge in [-0.05, 0) is 85.1 Å². The third kappa shape index (κ3) is 7.97. The van der Waals surface area contributed by atoms with Gasteiger partial charge in [-0.2, -0.15) is 0 Å². The minimum absolute atomic E-state index is 0.176. The lowest BCUT2D eigenvalue weighted by Gasteiger charge is -2.47. The van der Waals surface area contributed by atoms with Crippen LogP contribution < -0.4 is 10.2 Å². The largest absolute Gasteiger partial charge is 0.490 e. The Labute approximate surface area is 295 Å². The van der Waals surface area contributed by atoms with Crippen molar-refractivity contribution in [1.82, 2.24) is 15.3 Å². The van der Waals surface area contributed by atoms with Crippen LogP contribution in [0.25, 0.3) is 16.8 Å². The minimum Gasteiger partial charge on any atom is -0.490 e. The molecule has 0 bridgehead atoms. The number of hydrogen-bond acceptors (Lipinski definition) is 8.